The lowest BCUT2D eigenvalue weighted by Gasteiger charge is -2.16. The topological polar surface area (TPSA) is 43.4 Å². The smallest absolute Gasteiger partial charge is 0.316 e. The largest absolute Gasteiger partial charge is 0.426 e. The fourth-order valence-corrected chi connectivity index (χ4v) is 2.08. The number of hydrogen-bond donors (Lipinski definition) is 0. The molecule has 0 fully saturated rings. The quantitative estimate of drug-likeness (QED) is 0.111. The number of rotatable bonds is 6. The van der Waals surface area contributed by atoms with E-state index in [2.05, 4.69) is 21.7 Å². The van der Waals surface area contributed by atoms with E-state index in [4.69, 9.17) is 4.74 Å². The number of aldehydes is 1. The van der Waals surface area contributed by atoms with Crippen LogP contribution in [0, 0.1) is 27.1 Å². The molecular formula is C22H23IO3. The first-order valence-electron chi connectivity index (χ1n) is 8.43. The maximum atomic E-state index is 11.9. The second-order valence-corrected chi connectivity index (χ2v) is 7.25. The van der Waals surface area contributed by atoms with Crippen molar-refractivity contribution in [1.29, 1.82) is 0 Å². The van der Waals surface area contributed by atoms with E-state index in [0.29, 0.717) is 11.3 Å². The van der Waals surface area contributed by atoms with E-state index in [1.807, 2.05) is 22.6 Å². The van der Waals surface area contributed by atoms with Crippen molar-refractivity contribution in [2.45, 2.75) is 46.5 Å². The maximum Gasteiger partial charge on any atom is 0.316 e. The van der Waals surface area contributed by atoms with Crippen LogP contribution < -0.4 is 4.74 Å². The molecule has 0 aliphatic heterocycles. The van der Waals surface area contributed by atoms with Gasteiger partial charge >= 0.3 is 5.97 Å². The highest BCUT2D eigenvalue weighted by atomic mass is 127. The number of carbonyl (C=O) groups excluding carboxylic acids is 2. The third-order valence-corrected chi connectivity index (χ3v) is 3.69. The van der Waals surface area contributed by atoms with Gasteiger partial charge in [0.05, 0.1) is 11.0 Å². The van der Waals surface area contributed by atoms with Crippen LogP contribution in [0.15, 0.2) is 29.8 Å². The molecule has 1 aromatic rings. The summed E-state index contributed by atoms with van der Waals surface area (Å²) in [4.78, 5) is 23.0. The van der Waals surface area contributed by atoms with Gasteiger partial charge < -0.3 is 4.74 Å². The van der Waals surface area contributed by atoms with E-state index in [0.717, 1.165) is 37.5 Å². The van der Waals surface area contributed by atoms with Crippen molar-refractivity contribution in [3.63, 3.8) is 0 Å². The second-order valence-electron chi connectivity index (χ2n) is 6.71. The molecule has 0 aromatic heterocycles. The summed E-state index contributed by atoms with van der Waals surface area (Å²) in [6.45, 7) is 5.41. The molecule has 0 aliphatic carbocycles. The number of carbonyl (C=O) groups is 2. The lowest BCUT2D eigenvalue weighted by atomic mass is 9.97. The molecule has 26 heavy (non-hydrogen) atoms. The summed E-state index contributed by atoms with van der Waals surface area (Å²) in [5.41, 5.74) is 0.701. The lowest BCUT2D eigenvalue weighted by Crippen LogP contribution is -2.25. The first kappa shape index (κ1) is 22.0. The second kappa shape index (κ2) is 11.5. The van der Waals surface area contributed by atoms with Crippen molar-refractivity contribution in [1.82, 2.24) is 0 Å². The monoisotopic (exact) mass is 462 g/mol. The van der Waals surface area contributed by atoms with Crippen molar-refractivity contribution in [3.8, 4) is 27.4 Å². The van der Waals surface area contributed by atoms with Crippen LogP contribution in [0.25, 0.3) is 6.08 Å². The fraction of sp³-hybridized carbons (Fsp3) is 0.364. The molecule has 136 valence electrons. The van der Waals surface area contributed by atoms with E-state index in [9.17, 15) is 9.59 Å². The van der Waals surface area contributed by atoms with Crippen LogP contribution >= 0.6 is 22.6 Å². The van der Waals surface area contributed by atoms with Crippen molar-refractivity contribution in [2.75, 3.05) is 0 Å². The predicted octanol–water partition coefficient (Wildman–Crippen LogP) is 5.18. The minimum Gasteiger partial charge on any atom is -0.426 e. The molecule has 3 nitrogen and oxygen atoms in total. The van der Waals surface area contributed by atoms with E-state index >= 15 is 0 Å². The first-order valence-corrected chi connectivity index (χ1v) is 9.51. The number of unbranched alkanes of at least 4 members (excludes halogenated alkanes) is 3. The molecule has 0 spiro atoms. The number of hydrogen-bond acceptors (Lipinski definition) is 3. The van der Waals surface area contributed by atoms with Crippen molar-refractivity contribution in [2.24, 2.45) is 5.41 Å². The van der Waals surface area contributed by atoms with Gasteiger partial charge in [0.2, 0.25) is 0 Å². The summed E-state index contributed by atoms with van der Waals surface area (Å²) in [7, 11) is 0. The normalized spacial score (nSPS) is 10.8. The Morgan fingerprint density at radius 3 is 2.27 bits per heavy atom. The first-order chi connectivity index (χ1) is 12.4. The third-order valence-electron chi connectivity index (χ3n) is 3.31. The van der Waals surface area contributed by atoms with Gasteiger partial charge in [0.25, 0.3) is 0 Å². The van der Waals surface area contributed by atoms with Crippen molar-refractivity contribution < 1.29 is 14.3 Å². The minimum absolute atomic E-state index is 0.287. The average Bonchev–Trinajstić information content (AvgIpc) is 2.60. The lowest BCUT2D eigenvalue weighted by molar-refractivity contribution is -0.143. The molecule has 1 aromatic carbocycles. The Kier molecular flexibility index (Phi) is 9.76. The highest BCUT2D eigenvalue weighted by molar-refractivity contribution is 14.1. The van der Waals surface area contributed by atoms with Gasteiger partial charge in [-0.1, -0.05) is 29.9 Å². The van der Waals surface area contributed by atoms with Crippen LogP contribution in [-0.4, -0.2) is 12.3 Å². The summed E-state index contributed by atoms with van der Waals surface area (Å²) in [6, 6.07) is 7.00. The summed E-state index contributed by atoms with van der Waals surface area (Å²) in [5.74, 6) is 9.11. The van der Waals surface area contributed by atoms with Crippen LogP contribution in [-0.2, 0) is 9.59 Å². The van der Waals surface area contributed by atoms with Crippen LogP contribution in [0.4, 0.5) is 0 Å². The molecule has 0 radical (unpaired) electrons. The van der Waals surface area contributed by atoms with E-state index < -0.39 is 5.41 Å². The average molecular weight is 462 g/mol. The molecule has 0 atom stereocenters. The van der Waals surface area contributed by atoms with Gasteiger partial charge in [-0.3, -0.25) is 9.59 Å². The van der Waals surface area contributed by atoms with Gasteiger partial charge in [0.15, 0.2) is 6.29 Å². The highest BCUT2D eigenvalue weighted by Crippen LogP contribution is 2.20. The summed E-state index contributed by atoms with van der Waals surface area (Å²) in [5, 5.41) is 0. The van der Waals surface area contributed by atoms with Crippen LogP contribution in [0.1, 0.15) is 52.0 Å². The minimum atomic E-state index is -0.554. The molecule has 0 aliphatic rings. The molecule has 0 unspecified atom stereocenters. The molecular weight excluding hydrogens is 439 g/mol. The summed E-state index contributed by atoms with van der Waals surface area (Å²) in [6.07, 6.45) is 6.08. The Labute approximate surface area is 169 Å². The fourth-order valence-electron chi connectivity index (χ4n) is 1.81. The number of ether oxygens (including phenoxy) is 1. The zero-order valence-corrected chi connectivity index (χ0v) is 17.6. The Balaban J connectivity index is 2.65. The predicted molar refractivity (Wildman–Crippen MR) is 114 cm³/mol. The van der Waals surface area contributed by atoms with Gasteiger partial charge in [0, 0.05) is 35.4 Å². The number of benzene rings is 1. The van der Waals surface area contributed by atoms with Gasteiger partial charge in [-0.2, -0.15) is 0 Å². The Hall–Kier alpha value is -2.05. The molecule has 0 heterocycles. The Morgan fingerprint density at radius 1 is 1.12 bits per heavy atom. The molecule has 1 rings (SSSR count). The number of allylic oxidation sites excluding steroid dienone is 1. The molecule has 0 bridgehead atoms. The van der Waals surface area contributed by atoms with Gasteiger partial charge in [-0.05, 0) is 61.3 Å². The van der Waals surface area contributed by atoms with Gasteiger partial charge in [-0.25, -0.2) is 0 Å². The highest BCUT2D eigenvalue weighted by Gasteiger charge is 2.23. The summed E-state index contributed by atoms with van der Waals surface area (Å²) >= 11 is 2.03. The maximum absolute atomic E-state index is 11.9. The third kappa shape index (κ3) is 8.87. The van der Waals surface area contributed by atoms with Crippen LogP contribution in [0.2, 0.25) is 0 Å². The van der Waals surface area contributed by atoms with Crippen LogP contribution in [0.3, 0.4) is 0 Å². The standard InChI is InChI=1S/C22H23IO3/c1-22(2,3)21(25)26-20-13-11-18(12-14-20)16-19(17-24)10-8-6-4-5-7-9-15-23/h11-14,16-17H,4-7H2,1-3H3/b19-16-. The zero-order valence-electron chi connectivity index (χ0n) is 15.4. The Morgan fingerprint density at radius 2 is 1.73 bits per heavy atom. The van der Waals surface area contributed by atoms with Crippen LogP contribution in [0.5, 0.6) is 5.75 Å². The molecule has 4 heteroatoms. The SMILES string of the molecule is CC(C)(C)C(=O)Oc1ccc(/C=C(/C#CCCCCC#CI)C=O)cc1. The molecule has 0 N–H and O–H groups in total. The molecule has 0 saturated heterocycles. The molecule has 0 amide bonds. The Bertz CT molecular complexity index is 760. The van der Waals surface area contributed by atoms with Gasteiger partial charge in [0.1, 0.15) is 5.75 Å². The number of esters is 1. The number of halogens is 1. The zero-order chi connectivity index (χ0) is 19.4. The molecule has 0 saturated carbocycles. The van der Waals surface area contributed by atoms with Crippen molar-refractivity contribution in [3.05, 3.63) is 35.4 Å². The van der Waals surface area contributed by atoms with E-state index in [-0.39, 0.29) is 5.97 Å². The van der Waals surface area contributed by atoms with E-state index in [1.165, 1.54) is 0 Å². The van der Waals surface area contributed by atoms with Gasteiger partial charge in [-0.15, -0.1) is 0 Å². The summed E-state index contributed by atoms with van der Waals surface area (Å²) < 4.78 is 8.15. The van der Waals surface area contributed by atoms with Crippen molar-refractivity contribution >= 4 is 40.9 Å². The van der Waals surface area contributed by atoms with E-state index in [1.54, 1.807) is 51.1 Å².